The second kappa shape index (κ2) is 7.18. The van der Waals surface area contributed by atoms with Crippen molar-refractivity contribution in [1.29, 1.82) is 0 Å². The lowest BCUT2D eigenvalue weighted by Crippen LogP contribution is -2.20. The lowest BCUT2D eigenvalue weighted by Gasteiger charge is -2.06. The van der Waals surface area contributed by atoms with Crippen molar-refractivity contribution in [2.45, 2.75) is 6.92 Å². The summed E-state index contributed by atoms with van der Waals surface area (Å²) in [5, 5.41) is 12.9. The Morgan fingerprint density at radius 1 is 1.25 bits per heavy atom. The van der Waals surface area contributed by atoms with Gasteiger partial charge in [0.2, 0.25) is 5.76 Å². The normalized spacial score (nSPS) is 10.0. The van der Waals surface area contributed by atoms with Gasteiger partial charge >= 0.3 is 11.9 Å². The van der Waals surface area contributed by atoms with Gasteiger partial charge < -0.3 is 14.5 Å². The standard InChI is InChI=1S/C15H12N2O7/c1-9(18)10-3-2-4-11(7-10)16-13(19)8-23-15(20)12-5-6-14(24-12)17(21)22/h2-7H,8H2,1H3,(H,16,19). The first kappa shape index (κ1) is 16.9. The van der Waals surface area contributed by atoms with Crippen molar-refractivity contribution in [2.24, 2.45) is 0 Å². The Labute approximate surface area is 135 Å². The summed E-state index contributed by atoms with van der Waals surface area (Å²) in [5.41, 5.74) is 0.796. The SMILES string of the molecule is CC(=O)c1cccc(NC(=O)COC(=O)c2ccc([N+](=O)[O-])o2)c1. The quantitative estimate of drug-likeness (QED) is 0.371. The minimum Gasteiger partial charge on any atom is -0.450 e. The predicted molar refractivity (Wildman–Crippen MR) is 80.7 cm³/mol. The third-order valence-electron chi connectivity index (χ3n) is 2.86. The van der Waals surface area contributed by atoms with E-state index in [9.17, 15) is 24.5 Å². The minimum atomic E-state index is -1.00. The number of furan rings is 1. The highest BCUT2D eigenvalue weighted by molar-refractivity contribution is 5.98. The molecule has 0 bridgehead atoms. The number of hydrogen-bond donors (Lipinski definition) is 1. The van der Waals surface area contributed by atoms with Gasteiger partial charge in [-0.05, 0) is 25.1 Å². The van der Waals surface area contributed by atoms with E-state index in [4.69, 9.17) is 4.74 Å². The van der Waals surface area contributed by atoms with Crippen molar-refractivity contribution >= 4 is 29.2 Å². The van der Waals surface area contributed by atoms with Crippen LogP contribution in [0.3, 0.4) is 0 Å². The zero-order valence-corrected chi connectivity index (χ0v) is 12.5. The molecule has 0 saturated carbocycles. The fourth-order valence-corrected chi connectivity index (χ4v) is 1.75. The Hall–Kier alpha value is -3.49. The van der Waals surface area contributed by atoms with Gasteiger partial charge in [0.15, 0.2) is 12.4 Å². The van der Waals surface area contributed by atoms with Crippen LogP contribution in [0.25, 0.3) is 0 Å². The average Bonchev–Trinajstić information content (AvgIpc) is 3.03. The molecule has 1 aromatic carbocycles. The molecule has 0 aliphatic rings. The zero-order valence-electron chi connectivity index (χ0n) is 12.5. The number of nitro groups is 1. The first-order valence-electron chi connectivity index (χ1n) is 6.69. The van der Waals surface area contributed by atoms with Gasteiger partial charge in [0.1, 0.15) is 4.92 Å². The van der Waals surface area contributed by atoms with Crippen LogP contribution in [0.5, 0.6) is 0 Å². The van der Waals surface area contributed by atoms with Crippen molar-refractivity contribution in [1.82, 2.24) is 0 Å². The van der Waals surface area contributed by atoms with E-state index in [2.05, 4.69) is 9.73 Å². The van der Waals surface area contributed by atoms with Crippen LogP contribution in [0, 0.1) is 10.1 Å². The molecular weight excluding hydrogens is 320 g/mol. The summed E-state index contributed by atoms with van der Waals surface area (Å²) in [6.07, 6.45) is 0. The molecule has 0 unspecified atom stereocenters. The van der Waals surface area contributed by atoms with Gasteiger partial charge in [-0.2, -0.15) is 0 Å². The predicted octanol–water partition coefficient (Wildman–Crippen LogP) is 2.19. The molecule has 24 heavy (non-hydrogen) atoms. The summed E-state index contributed by atoms with van der Waals surface area (Å²) < 4.78 is 9.36. The number of rotatable bonds is 6. The second-order valence-corrected chi connectivity index (χ2v) is 4.66. The maximum atomic E-state index is 11.7. The van der Waals surface area contributed by atoms with E-state index in [1.165, 1.54) is 13.0 Å². The number of esters is 1. The van der Waals surface area contributed by atoms with Gasteiger partial charge in [-0.1, -0.05) is 12.1 Å². The number of amides is 1. The highest BCUT2D eigenvalue weighted by atomic mass is 16.7. The number of hydrogen-bond acceptors (Lipinski definition) is 7. The van der Waals surface area contributed by atoms with Crippen molar-refractivity contribution in [2.75, 3.05) is 11.9 Å². The molecule has 1 aromatic heterocycles. The Bertz CT molecular complexity index is 810. The average molecular weight is 332 g/mol. The molecule has 2 aromatic rings. The fourth-order valence-electron chi connectivity index (χ4n) is 1.75. The Kier molecular flexibility index (Phi) is 5.05. The largest absolute Gasteiger partial charge is 0.450 e. The smallest absolute Gasteiger partial charge is 0.433 e. The Morgan fingerprint density at radius 3 is 2.62 bits per heavy atom. The summed E-state index contributed by atoms with van der Waals surface area (Å²) in [4.78, 5) is 44.3. The van der Waals surface area contributed by atoms with Crippen LogP contribution in [-0.2, 0) is 9.53 Å². The van der Waals surface area contributed by atoms with Gasteiger partial charge in [0, 0.05) is 11.3 Å². The zero-order chi connectivity index (χ0) is 17.7. The van der Waals surface area contributed by atoms with Gasteiger partial charge in [-0.25, -0.2) is 4.79 Å². The number of carbonyl (C=O) groups excluding carboxylic acids is 3. The fraction of sp³-hybridized carbons (Fsp3) is 0.133. The third kappa shape index (κ3) is 4.26. The van der Waals surface area contributed by atoms with Crippen molar-refractivity contribution < 1.29 is 28.5 Å². The Balaban J connectivity index is 1.90. The van der Waals surface area contributed by atoms with Crippen LogP contribution in [0.15, 0.2) is 40.8 Å². The Morgan fingerprint density at radius 2 is 2.00 bits per heavy atom. The molecule has 0 aliphatic heterocycles. The summed E-state index contributed by atoms with van der Waals surface area (Å²) in [6.45, 7) is 0.781. The second-order valence-electron chi connectivity index (χ2n) is 4.66. The number of benzene rings is 1. The number of carbonyl (C=O) groups is 3. The van der Waals surface area contributed by atoms with E-state index in [0.717, 1.165) is 12.1 Å². The first-order valence-corrected chi connectivity index (χ1v) is 6.69. The highest BCUT2D eigenvalue weighted by Gasteiger charge is 2.19. The lowest BCUT2D eigenvalue weighted by atomic mass is 10.1. The molecule has 9 nitrogen and oxygen atoms in total. The van der Waals surface area contributed by atoms with E-state index < -0.39 is 29.3 Å². The topological polar surface area (TPSA) is 129 Å². The minimum absolute atomic E-state index is 0.156. The first-order chi connectivity index (χ1) is 11.4. The maximum absolute atomic E-state index is 11.7. The van der Waals surface area contributed by atoms with Gasteiger partial charge in [0.25, 0.3) is 5.91 Å². The number of anilines is 1. The van der Waals surface area contributed by atoms with Gasteiger partial charge in [-0.15, -0.1) is 0 Å². The van der Waals surface area contributed by atoms with Crippen molar-refractivity contribution in [3.8, 4) is 0 Å². The van der Waals surface area contributed by atoms with E-state index >= 15 is 0 Å². The number of ether oxygens (including phenoxy) is 1. The number of nitrogens with zero attached hydrogens (tertiary/aromatic N) is 1. The van der Waals surface area contributed by atoms with Crippen LogP contribution in [-0.4, -0.2) is 29.2 Å². The number of ketones is 1. The van der Waals surface area contributed by atoms with Crippen molar-refractivity contribution in [3.05, 3.63) is 57.8 Å². The van der Waals surface area contributed by atoms with E-state index in [1.54, 1.807) is 18.2 Å². The van der Waals surface area contributed by atoms with E-state index in [0.29, 0.717) is 11.3 Å². The molecule has 1 amide bonds. The number of nitrogens with one attached hydrogen (secondary N) is 1. The lowest BCUT2D eigenvalue weighted by molar-refractivity contribution is -0.402. The monoisotopic (exact) mass is 332 g/mol. The third-order valence-corrected chi connectivity index (χ3v) is 2.86. The molecule has 124 valence electrons. The molecule has 9 heteroatoms. The molecule has 0 radical (unpaired) electrons. The molecule has 0 aliphatic carbocycles. The summed E-state index contributed by atoms with van der Waals surface area (Å²) in [6, 6.07) is 8.33. The molecule has 0 atom stereocenters. The molecule has 1 heterocycles. The van der Waals surface area contributed by atoms with E-state index in [1.807, 2.05) is 0 Å². The molecule has 2 rings (SSSR count). The molecular formula is C15H12N2O7. The van der Waals surface area contributed by atoms with Crippen LogP contribution in [0.1, 0.15) is 27.8 Å². The summed E-state index contributed by atoms with van der Waals surface area (Å²) in [5.74, 6) is -2.78. The van der Waals surface area contributed by atoms with Crippen LogP contribution in [0.4, 0.5) is 11.6 Å². The summed E-state index contributed by atoms with van der Waals surface area (Å²) >= 11 is 0. The number of Topliss-reactive ketones (excluding diaryl/α,β-unsaturated/α-hetero) is 1. The molecule has 1 N–H and O–H groups in total. The van der Waals surface area contributed by atoms with Crippen molar-refractivity contribution in [3.63, 3.8) is 0 Å². The van der Waals surface area contributed by atoms with E-state index in [-0.39, 0.29) is 11.5 Å². The summed E-state index contributed by atoms with van der Waals surface area (Å²) in [7, 11) is 0. The molecule has 0 spiro atoms. The van der Waals surface area contributed by atoms with Crippen LogP contribution in [0.2, 0.25) is 0 Å². The van der Waals surface area contributed by atoms with Gasteiger partial charge in [0.05, 0.1) is 6.07 Å². The molecule has 0 fully saturated rings. The highest BCUT2D eigenvalue weighted by Crippen LogP contribution is 2.16. The van der Waals surface area contributed by atoms with Crippen LogP contribution >= 0.6 is 0 Å². The maximum Gasteiger partial charge on any atom is 0.433 e. The van der Waals surface area contributed by atoms with Gasteiger partial charge in [-0.3, -0.25) is 19.7 Å². The molecule has 0 saturated heterocycles. The van der Waals surface area contributed by atoms with Crippen LogP contribution < -0.4 is 5.32 Å².